The molecule has 3 aromatic rings. The molecule has 0 fully saturated rings. The lowest BCUT2D eigenvalue weighted by Crippen LogP contribution is -2.33. The minimum Gasteiger partial charge on any atom is -0.464 e. The summed E-state index contributed by atoms with van der Waals surface area (Å²) in [6.07, 6.45) is 4.15. The third-order valence-electron chi connectivity index (χ3n) is 4.87. The maximum absolute atomic E-state index is 6.31. The standard InChI is InChI=1S/C21H16ClN3O/c22-16-7-5-14(6-8-16)18-13-19-17-3-1-2-4-20(17)26-21(25(19)24-18)15-9-11-23-12-10-15/h1-12,19,21H,13H2/t19-,21+/m1/s1. The third-order valence-corrected chi connectivity index (χ3v) is 5.12. The van der Waals surface area contributed by atoms with Crippen LogP contribution in [0.25, 0.3) is 0 Å². The molecule has 2 aliphatic heterocycles. The minimum atomic E-state index is -0.261. The van der Waals surface area contributed by atoms with Gasteiger partial charge in [0.15, 0.2) is 0 Å². The van der Waals surface area contributed by atoms with Crippen LogP contribution in [-0.2, 0) is 0 Å². The fraction of sp³-hybridized carbons (Fsp3) is 0.143. The maximum atomic E-state index is 6.31. The van der Waals surface area contributed by atoms with Crippen LogP contribution in [0.15, 0.2) is 78.2 Å². The van der Waals surface area contributed by atoms with Crippen molar-refractivity contribution in [2.24, 2.45) is 5.10 Å². The highest BCUT2D eigenvalue weighted by atomic mass is 35.5. The van der Waals surface area contributed by atoms with Gasteiger partial charge in [0.2, 0.25) is 6.23 Å². The molecule has 0 N–H and O–H groups in total. The smallest absolute Gasteiger partial charge is 0.213 e. The summed E-state index contributed by atoms with van der Waals surface area (Å²) in [6, 6.07) is 20.2. The molecule has 0 saturated heterocycles. The second-order valence-electron chi connectivity index (χ2n) is 6.44. The van der Waals surface area contributed by atoms with Crippen LogP contribution in [-0.4, -0.2) is 15.7 Å². The Morgan fingerprint density at radius 2 is 1.73 bits per heavy atom. The Morgan fingerprint density at radius 3 is 2.54 bits per heavy atom. The number of halogens is 1. The van der Waals surface area contributed by atoms with Crippen LogP contribution in [0.4, 0.5) is 0 Å². The molecule has 3 heterocycles. The van der Waals surface area contributed by atoms with Crippen LogP contribution in [0.5, 0.6) is 5.75 Å². The summed E-state index contributed by atoms with van der Waals surface area (Å²) < 4.78 is 6.31. The van der Waals surface area contributed by atoms with Crippen molar-refractivity contribution in [1.82, 2.24) is 9.99 Å². The number of para-hydroxylation sites is 1. The average Bonchev–Trinajstić information content (AvgIpc) is 3.14. The van der Waals surface area contributed by atoms with Crippen molar-refractivity contribution in [3.8, 4) is 5.75 Å². The van der Waals surface area contributed by atoms with Gasteiger partial charge in [-0.1, -0.05) is 41.9 Å². The van der Waals surface area contributed by atoms with Gasteiger partial charge >= 0.3 is 0 Å². The summed E-state index contributed by atoms with van der Waals surface area (Å²) in [4.78, 5) is 4.12. The van der Waals surface area contributed by atoms with Crippen molar-refractivity contribution in [3.05, 3.63) is 94.8 Å². The van der Waals surface area contributed by atoms with E-state index >= 15 is 0 Å². The molecule has 2 atom stereocenters. The van der Waals surface area contributed by atoms with Gasteiger partial charge < -0.3 is 4.74 Å². The lowest BCUT2D eigenvalue weighted by Gasteiger charge is -2.38. The molecule has 5 rings (SSSR count). The van der Waals surface area contributed by atoms with Gasteiger partial charge in [-0.05, 0) is 35.9 Å². The number of ether oxygens (including phenoxy) is 1. The van der Waals surface area contributed by atoms with E-state index in [-0.39, 0.29) is 12.3 Å². The number of nitrogens with zero attached hydrogens (tertiary/aromatic N) is 3. The van der Waals surface area contributed by atoms with E-state index in [4.69, 9.17) is 21.4 Å². The van der Waals surface area contributed by atoms with E-state index in [9.17, 15) is 0 Å². The van der Waals surface area contributed by atoms with Crippen molar-refractivity contribution in [2.75, 3.05) is 0 Å². The molecule has 0 spiro atoms. The number of aromatic nitrogens is 1. The highest BCUT2D eigenvalue weighted by Gasteiger charge is 2.40. The van der Waals surface area contributed by atoms with Gasteiger partial charge in [0.1, 0.15) is 5.75 Å². The van der Waals surface area contributed by atoms with E-state index in [1.54, 1.807) is 12.4 Å². The Labute approximate surface area is 156 Å². The Balaban J connectivity index is 1.59. The molecule has 2 aromatic carbocycles. The van der Waals surface area contributed by atoms with Gasteiger partial charge in [-0.2, -0.15) is 5.10 Å². The second kappa shape index (κ2) is 6.15. The Morgan fingerprint density at radius 1 is 0.962 bits per heavy atom. The molecule has 5 heteroatoms. The predicted octanol–water partition coefficient (Wildman–Crippen LogP) is 4.98. The van der Waals surface area contributed by atoms with Crippen molar-refractivity contribution >= 4 is 17.3 Å². The number of hydrogen-bond donors (Lipinski definition) is 0. The van der Waals surface area contributed by atoms with Crippen LogP contribution < -0.4 is 4.74 Å². The van der Waals surface area contributed by atoms with Gasteiger partial charge in [-0.25, -0.2) is 5.01 Å². The van der Waals surface area contributed by atoms with E-state index in [1.807, 2.05) is 54.6 Å². The number of pyridine rings is 1. The first kappa shape index (κ1) is 15.4. The molecule has 1 aromatic heterocycles. The zero-order valence-corrected chi connectivity index (χ0v) is 14.7. The molecule has 0 aliphatic carbocycles. The second-order valence-corrected chi connectivity index (χ2v) is 6.88. The Bertz CT molecular complexity index is 972. The van der Waals surface area contributed by atoms with E-state index in [0.29, 0.717) is 0 Å². The molecule has 0 saturated carbocycles. The SMILES string of the molecule is Clc1ccc(C2=NN3[C@H](C2)c2ccccc2O[C@H]3c2ccncc2)cc1. The van der Waals surface area contributed by atoms with Gasteiger partial charge in [0.05, 0.1) is 11.8 Å². The summed E-state index contributed by atoms with van der Waals surface area (Å²) in [7, 11) is 0. The van der Waals surface area contributed by atoms with Crippen molar-refractivity contribution in [1.29, 1.82) is 0 Å². The fourth-order valence-electron chi connectivity index (χ4n) is 3.60. The third kappa shape index (κ3) is 2.54. The molecule has 0 amide bonds. The Hall–Kier alpha value is -2.85. The highest BCUT2D eigenvalue weighted by Crippen LogP contribution is 2.47. The number of fused-ring (bicyclic) bond motifs is 3. The van der Waals surface area contributed by atoms with Crippen molar-refractivity contribution in [3.63, 3.8) is 0 Å². The lowest BCUT2D eigenvalue weighted by molar-refractivity contribution is -0.0190. The topological polar surface area (TPSA) is 37.7 Å². The highest BCUT2D eigenvalue weighted by molar-refractivity contribution is 6.30. The first-order valence-corrected chi connectivity index (χ1v) is 8.95. The first-order chi connectivity index (χ1) is 12.8. The summed E-state index contributed by atoms with van der Waals surface area (Å²) in [5.74, 6) is 0.920. The van der Waals surface area contributed by atoms with Crippen LogP contribution >= 0.6 is 11.6 Å². The van der Waals surface area contributed by atoms with E-state index in [1.165, 1.54) is 5.56 Å². The van der Waals surface area contributed by atoms with Gasteiger partial charge in [0, 0.05) is 35.0 Å². The molecule has 2 aliphatic rings. The molecule has 4 nitrogen and oxygen atoms in total. The van der Waals surface area contributed by atoms with Crippen molar-refractivity contribution < 1.29 is 4.74 Å². The van der Waals surface area contributed by atoms with E-state index in [0.717, 1.165) is 34.0 Å². The molecule has 0 unspecified atom stereocenters. The summed E-state index contributed by atoms with van der Waals surface area (Å²) in [5, 5.41) is 7.73. The molecule has 26 heavy (non-hydrogen) atoms. The lowest BCUT2D eigenvalue weighted by atomic mass is 9.96. The normalized spacial score (nSPS) is 20.8. The van der Waals surface area contributed by atoms with Crippen LogP contribution in [0, 0.1) is 0 Å². The van der Waals surface area contributed by atoms with Crippen LogP contribution in [0.2, 0.25) is 5.02 Å². The van der Waals surface area contributed by atoms with Crippen LogP contribution in [0.3, 0.4) is 0 Å². The number of hydrogen-bond acceptors (Lipinski definition) is 4. The largest absolute Gasteiger partial charge is 0.464 e. The summed E-state index contributed by atoms with van der Waals surface area (Å²) in [5.41, 5.74) is 4.35. The van der Waals surface area contributed by atoms with E-state index < -0.39 is 0 Å². The number of benzene rings is 2. The van der Waals surface area contributed by atoms with E-state index in [2.05, 4.69) is 16.1 Å². The minimum absolute atomic E-state index is 0.156. The first-order valence-electron chi connectivity index (χ1n) is 8.57. The molecule has 0 radical (unpaired) electrons. The van der Waals surface area contributed by atoms with Gasteiger partial charge in [0.25, 0.3) is 0 Å². The zero-order valence-electron chi connectivity index (χ0n) is 13.9. The zero-order chi connectivity index (χ0) is 17.5. The predicted molar refractivity (Wildman–Crippen MR) is 101 cm³/mol. The Kier molecular flexibility index (Phi) is 3.64. The fourth-order valence-corrected chi connectivity index (χ4v) is 3.73. The van der Waals surface area contributed by atoms with Gasteiger partial charge in [-0.15, -0.1) is 0 Å². The molecule has 0 bridgehead atoms. The number of hydrazone groups is 1. The monoisotopic (exact) mass is 361 g/mol. The molecular weight excluding hydrogens is 346 g/mol. The summed E-state index contributed by atoms with van der Waals surface area (Å²) in [6.45, 7) is 0. The van der Waals surface area contributed by atoms with Gasteiger partial charge in [-0.3, -0.25) is 4.98 Å². The quantitative estimate of drug-likeness (QED) is 0.646. The van der Waals surface area contributed by atoms with Crippen LogP contribution in [0.1, 0.15) is 35.4 Å². The van der Waals surface area contributed by atoms with Crippen molar-refractivity contribution in [2.45, 2.75) is 18.7 Å². The maximum Gasteiger partial charge on any atom is 0.213 e. The number of rotatable bonds is 2. The summed E-state index contributed by atoms with van der Waals surface area (Å²) >= 11 is 6.03. The average molecular weight is 362 g/mol. The molecular formula is C21H16ClN3O. The molecule has 128 valence electrons.